The highest BCUT2D eigenvalue weighted by molar-refractivity contribution is 7.98. The fraction of sp³-hybridized carbons (Fsp3) is 0.125. The zero-order valence-corrected chi connectivity index (χ0v) is 9.30. The first-order chi connectivity index (χ1) is 7.00. The van der Waals surface area contributed by atoms with Crippen LogP contribution in [0, 0.1) is 0 Å². The highest BCUT2D eigenvalue weighted by atomic mass is 32.2. The van der Waals surface area contributed by atoms with E-state index in [-0.39, 0.29) is 4.90 Å². The molecule has 0 aliphatic carbocycles. The summed E-state index contributed by atoms with van der Waals surface area (Å²) in [6.45, 7) is 0. The number of thioether (sulfide) groups is 1. The summed E-state index contributed by atoms with van der Waals surface area (Å²) in [5, 5.41) is 0.456. The van der Waals surface area contributed by atoms with Gasteiger partial charge < -0.3 is 4.42 Å². The summed E-state index contributed by atoms with van der Waals surface area (Å²) < 4.78 is 35.8. The lowest BCUT2D eigenvalue weighted by atomic mass is 10.3. The van der Waals surface area contributed by atoms with Crippen LogP contribution < -0.4 is 0 Å². The van der Waals surface area contributed by atoms with E-state index in [0.29, 0.717) is 16.3 Å². The van der Waals surface area contributed by atoms with Gasteiger partial charge in [0.25, 0.3) is 15.3 Å². The first-order valence-electron chi connectivity index (χ1n) is 3.93. The van der Waals surface area contributed by atoms with Gasteiger partial charge in [0.2, 0.25) is 0 Å². The first kappa shape index (κ1) is 10.5. The average Bonchev–Trinajstić information content (AvgIpc) is 2.57. The van der Waals surface area contributed by atoms with Crippen LogP contribution in [0.15, 0.2) is 32.7 Å². The predicted molar refractivity (Wildman–Crippen MR) is 55.6 cm³/mol. The van der Waals surface area contributed by atoms with Crippen LogP contribution in [-0.4, -0.2) is 24.2 Å². The fourth-order valence-corrected chi connectivity index (χ4v) is 2.00. The Balaban J connectivity index is 2.66. The largest absolute Gasteiger partial charge is 0.431 e. The van der Waals surface area contributed by atoms with Crippen molar-refractivity contribution in [2.75, 3.05) is 6.26 Å². The molecule has 0 aliphatic rings. The molecule has 15 heavy (non-hydrogen) atoms. The highest BCUT2D eigenvalue weighted by Crippen LogP contribution is 2.23. The second kappa shape index (κ2) is 3.51. The van der Waals surface area contributed by atoms with E-state index < -0.39 is 10.1 Å². The van der Waals surface area contributed by atoms with Crippen LogP contribution in [0.1, 0.15) is 0 Å². The zero-order valence-electron chi connectivity index (χ0n) is 7.67. The summed E-state index contributed by atoms with van der Waals surface area (Å²) in [6.07, 6.45) is 1.80. The summed E-state index contributed by atoms with van der Waals surface area (Å²) in [7, 11) is -4.18. The van der Waals surface area contributed by atoms with Crippen LogP contribution in [0.5, 0.6) is 0 Å². The van der Waals surface area contributed by atoms with Crippen molar-refractivity contribution in [3.63, 3.8) is 0 Å². The number of fused-ring (bicyclic) bond motifs is 1. The van der Waals surface area contributed by atoms with Gasteiger partial charge in [0.05, 0.1) is 4.90 Å². The minimum atomic E-state index is -4.18. The van der Waals surface area contributed by atoms with Crippen LogP contribution in [-0.2, 0) is 10.1 Å². The van der Waals surface area contributed by atoms with Crippen LogP contribution in [0.2, 0.25) is 0 Å². The van der Waals surface area contributed by atoms with E-state index >= 15 is 0 Å². The van der Waals surface area contributed by atoms with Crippen LogP contribution in [0.25, 0.3) is 11.1 Å². The van der Waals surface area contributed by atoms with Crippen molar-refractivity contribution in [2.24, 2.45) is 0 Å². The monoisotopic (exact) mass is 245 g/mol. The molecule has 0 aliphatic heterocycles. The predicted octanol–water partition coefficient (Wildman–Crippen LogP) is 1.80. The van der Waals surface area contributed by atoms with E-state index in [0.717, 1.165) is 0 Å². The highest BCUT2D eigenvalue weighted by Gasteiger charge is 2.12. The number of oxazole rings is 1. The summed E-state index contributed by atoms with van der Waals surface area (Å²) in [4.78, 5) is 3.84. The summed E-state index contributed by atoms with van der Waals surface area (Å²) in [5.41, 5.74) is 0.904. The van der Waals surface area contributed by atoms with E-state index in [9.17, 15) is 8.42 Å². The maximum atomic E-state index is 10.8. The second-order valence-corrected chi connectivity index (χ2v) is 4.97. The molecule has 0 saturated heterocycles. The van der Waals surface area contributed by atoms with Crippen molar-refractivity contribution < 1.29 is 17.4 Å². The van der Waals surface area contributed by atoms with Gasteiger partial charge in [-0.05, 0) is 24.5 Å². The van der Waals surface area contributed by atoms with E-state index in [1.54, 1.807) is 6.26 Å². The van der Waals surface area contributed by atoms with Gasteiger partial charge in [0.15, 0.2) is 5.58 Å². The van der Waals surface area contributed by atoms with Crippen molar-refractivity contribution in [2.45, 2.75) is 10.1 Å². The Bertz CT molecular complexity index is 602. The molecule has 1 N–H and O–H groups in total. The van der Waals surface area contributed by atoms with Crippen LogP contribution in [0.3, 0.4) is 0 Å². The molecule has 5 nitrogen and oxygen atoms in total. The molecule has 0 amide bonds. The molecule has 0 atom stereocenters. The van der Waals surface area contributed by atoms with E-state index in [1.807, 2.05) is 0 Å². The summed E-state index contributed by atoms with van der Waals surface area (Å²) in [5.74, 6) is 0. The Morgan fingerprint density at radius 1 is 1.47 bits per heavy atom. The van der Waals surface area contributed by atoms with Gasteiger partial charge in [-0.3, -0.25) is 4.55 Å². The number of benzene rings is 1. The number of hydrogen-bond acceptors (Lipinski definition) is 5. The lowest BCUT2D eigenvalue weighted by molar-refractivity contribution is 0.483. The lowest BCUT2D eigenvalue weighted by Crippen LogP contribution is -1.97. The molecule has 0 unspecified atom stereocenters. The van der Waals surface area contributed by atoms with Crippen LogP contribution in [0.4, 0.5) is 0 Å². The maximum Gasteiger partial charge on any atom is 0.294 e. The first-order valence-corrected chi connectivity index (χ1v) is 6.59. The van der Waals surface area contributed by atoms with Crippen molar-refractivity contribution in [3.05, 3.63) is 18.2 Å². The Morgan fingerprint density at radius 3 is 2.80 bits per heavy atom. The SMILES string of the molecule is CSc1nc2cc(S(=O)(=O)O)ccc2o1. The lowest BCUT2D eigenvalue weighted by Gasteiger charge is -1.94. The normalized spacial score (nSPS) is 12.1. The molecule has 2 rings (SSSR count). The maximum absolute atomic E-state index is 10.8. The van der Waals surface area contributed by atoms with Crippen molar-refractivity contribution >= 4 is 33.0 Å². The van der Waals surface area contributed by atoms with E-state index in [1.165, 1.54) is 30.0 Å². The Labute approximate surface area is 90.2 Å². The molecule has 0 radical (unpaired) electrons. The third kappa shape index (κ3) is 1.99. The number of nitrogens with zero attached hydrogens (tertiary/aromatic N) is 1. The summed E-state index contributed by atoms with van der Waals surface area (Å²) >= 11 is 1.32. The van der Waals surface area contributed by atoms with Gasteiger partial charge in [-0.2, -0.15) is 8.42 Å². The molecule has 0 fully saturated rings. The van der Waals surface area contributed by atoms with E-state index in [4.69, 9.17) is 8.97 Å². The zero-order chi connectivity index (χ0) is 11.1. The molecule has 1 aromatic carbocycles. The molecule has 0 saturated carbocycles. The minimum absolute atomic E-state index is 0.184. The Kier molecular flexibility index (Phi) is 2.45. The van der Waals surface area contributed by atoms with Gasteiger partial charge in [-0.1, -0.05) is 11.8 Å². The van der Waals surface area contributed by atoms with Crippen LogP contribution >= 0.6 is 11.8 Å². The van der Waals surface area contributed by atoms with Gasteiger partial charge in [0, 0.05) is 0 Å². The molecule has 1 aromatic heterocycles. The van der Waals surface area contributed by atoms with Gasteiger partial charge >= 0.3 is 0 Å². The van der Waals surface area contributed by atoms with Gasteiger partial charge in [-0.15, -0.1) is 0 Å². The molecule has 0 bridgehead atoms. The number of aromatic nitrogens is 1. The third-order valence-corrected chi connectivity index (χ3v) is 3.19. The average molecular weight is 245 g/mol. The Morgan fingerprint density at radius 2 is 2.20 bits per heavy atom. The molecule has 0 spiro atoms. The number of rotatable bonds is 2. The second-order valence-electron chi connectivity index (χ2n) is 2.79. The molecular weight excluding hydrogens is 238 g/mol. The quantitative estimate of drug-likeness (QED) is 0.641. The van der Waals surface area contributed by atoms with E-state index in [2.05, 4.69) is 4.98 Å². The minimum Gasteiger partial charge on any atom is -0.431 e. The summed E-state index contributed by atoms with van der Waals surface area (Å²) in [6, 6.07) is 4.01. The Hall–Kier alpha value is -1.05. The molecule has 80 valence electrons. The van der Waals surface area contributed by atoms with Gasteiger partial charge in [0.1, 0.15) is 5.52 Å². The third-order valence-electron chi connectivity index (χ3n) is 1.81. The molecule has 1 heterocycles. The molecule has 2 aromatic rings. The molecular formula is C8H7NO4S2. The smallest absolute Gasteiger partial charge is 0.294 e. The fourth-order valence-electron chi connectivity index (χ4n) is 1.13. The number of hydrogen-bond donors (Lipinski definition) is 1. The van der Waals surface area contributed by atoms with Crippen molar-refractivity contribution in [1.82, 2.24) is 4.98 Å². The van der Waals surface area contributed by atoms with Gasteiger partial charge in [-0.25, -0.2) is 4.98 Å². The molecule has 7 heteroatoms. The van der Waals surface area contributed by atoms with Crippen molar-refractivity contribution in [1.29, 1.82) is 0 Å². The topological polar surface area (TPSA) is 80.4 Å². The van der Waals surface area contributed by atoms with Crippen molar-refractivity contribution in [3.8, 4) is 0 Å². The standard InChI is InChI=1S/C8H7NO4S2/c1-14-8-9-6-4-5(15(10,11)12)2-3-7(6)13-8/h2-4H,1H3,(H,10,11,12).